The summed E-state index contributed by atoms with van der Waals surface area (Å²) in [5.41, 5.74) is 2.25. The van der Waals surface area contributed by atoms with Crippen molar-refractivity contribution in [3.63, 3.8) is 0 Å². The predicted octanol–water partition coefficient (Wildman–Crippen LogP) is 4.51. The van der Waals surface area contributed by atoms with Gasteiger partial charge in [-0.15, -0.1) is 0 Å². The topological polar surface area (TPSA) is 71.0 Å². The number of benzene rings is 2. The third kappa shape index (κ3) is 4.58. The van der Waals surface area contributed by atoms with E-state index in [0.717, 1.165) is 16.1 Å². The molecule has 0 unspecified atom stereocenters. The molecule has 6 nitrogen and oxygen atoms in total. The van der Waals surface area contributed by atoms with Gasteiger partial charge >= 0.3 is 0 Å². The smallest absolute Gasteiger partial charge is 0.263 e. The van der Waals surface area contributed by atoms with E-state index in [1.807, 2.05) is 26.0 Å². The quantitative estimate of drug-likeness (QED) is 0.760. The first-order valence-corrected chi connectivity index (χ1v) is 9.43. The Balaban J connectivity index is 1.67. The Morgan fingerprint density at radius 1 is 1.18 bits per heavy atom. The third-order valence-corrected chi connectivity index (χ3v) is 4.74. The second-order valence-electron chi connectivity index (χ2n) is 6.25. The fraction of sp³-hybridized carbons (Fsp3) is 0.211. The number of halogens is 3. The molecule has 0 atom stereocenters. The first-order chi connectivity index (χ1) is 13.2. The molecule has 3 rings (SSSR count). The summed E-state index contributed by atoms with van der Waals surface area (Å²) in [7, 11) is 0. The average Bonchev–Trinajstić information content (AvgIpc) is 2.93. The van der Waals surface area contributed by atoms with Crippen molar-refractivity contribution >= 4 is 58.1 Å². The number of amides is 2. The number of amidine groups is 1. The average molecular weight is 441 g/mol. The van der Waals surface area contributed by atoms with Gasteiger partial charge in [-0.05, 0) is 37.6 Å². The minimum atomic E-state index is -0.429. The van der Waals surface area contributed by atoms with Crippen molar-refractivity contribution in [2.24, 2.45) is 5.10 Å². The number of carbonyl (C=O) groups is 2. The fourth-order valence-electron chi connectivity index (χ4n) is 2.71. The molecule has 28 heavy (non-hydrogen) atoms. The summed E-state index contributed by atoms with van der Waals surface area (Å²) < 4.78 is 5.53. The van der Waals surface area contributed by atoms with Crippen LogP contribution in [0.3, 0.4) is 0 Å². The molecule has 0 saturated heterocycles. The molecule has 1 N–H and O–H groups in total. The number of aryl methyl sites for hydroxylation is 2. The van der Waals surface area contributed by atoms with Gasteiger partial charge in [0.25, 0.3) is 11.8 Å². The highest BCUT2D eigenvalue weighted by molar-refractivity contribution is 6.42. The van der Waals surface area contributed by atoms with Crippen LogP contribution in [0, 0.1) is 13.8 Å². The van der Waals surface area contributed by atoms with E-state index in [-0.39, 0.29) is 40.5 Å². The van der Waals surface area contributed by atoms with Gasteiger partial charge in [0.05, 0.1) is 16.5 Å². The maximum absolute atomic E-state index is 12.3. The predicted molar refractivity (Wildman–Crippen MR) is 111 cm³/mol. The van der Waals surface area contributed by atoms with Crippen LogP contribution in [0.25, 0.3) is 0 Å². The molecule has 2 aromatic carbocycles. The summed E-state index contributed by atoms with van der Waals surface area (Å²) in [4.78, 5) is 24.5. The Bertz CT molecular complexity index is 969. The lowest BCUT2D eigenvalue weighted by atomic mass is 10.1. The lowest BCUT2D eigenvalue weighted by Gasteiger charge is -2.15. The molecular formula is C19H16Cl3N3O3. The Kier molecular flexibility index (Phi) is 6.13. The van der Waals surface area contributed by atoms with Gasteiger partial charge in [0.15, 0.2) is 6.61 Å². The summed E-state index contributed by atoms with van der Waals surface area (Å²) >= 11 is 18.2. The number of anilines is 1. The molecule has 2 amide bonds. The highest BCUT2D eigenvalue weighted by Gasteiger charge is 2.29. The molecule has 0 radical (unpaired) electrons. The van der Waals surface area contributed by atoms with Crippen LogP contribution in [0.4, 0.5) is 5.69 Å². The van der Waals surface area contributed by atoms with E-state index >= 15 is 0 Å². The Morgan fingerprint density at radius 3 is 2.50 bits per heavy atom. The number of nitrogens with one attached hydrogen (secondary N) is 1. The van der Waals surface area contributed by atoms with Crippen molar-refractivity contribution in [1.29, 1.82) is 0 Å². The van der Waals surface area contributed by atoms with Crippen LogP contribution in [-0.4, -0.2) is 24.3 Å². The van der Waals surface area contributed by atoms with E-state index in [0.29, 0.717) is 10.8 Å². The van der Waals surface area contributed by atoms with E-state index < -0.39 is 5.91 Å². The lowest BCUT2D eigenvalue weighted by Crippen LogP contribution is -2.33. The van der Waals surface area contributed by atoms with E-state index in [2.05, 4.69) is 10.4 Å². The lowest BCUT2D eigenvalue weighted by molar-refractivity contribution is -0.121. The van der Waals surface area contributed by atoms with Crippen LogP contribution in [-0.2, 0) is 9.59 Å². The zero-order valence-corrected chi connectivity index (χ0v) is 17.3. The van der Waals surface area contributed by atoms with Gasteiger partial charge in [0.1, 0.15) is 17.3 Å². The molecule has 0 spiro atoms. The van der Waals surface area contributed by atoms with Gasteiger partial charge in [0.2, 0.25) is 0 Å². The van der Waals surface area contributed by atoms with Crippen LogP contribution in [0.5, 0.6) is 5.75 Å². The van der Waals surface area contributed by atoms with Crippen LogP contribution in [0.1, 0.15) is 17.5 Å². The zero-order valence-electron chi connectivity index (χ0n) is 15.1. The van der Waals surface area contributed by atoms with Crippen molar-refractivity contribution in [1.82, 2.24) is 5.32 Å². The van der Waals surface area contributed by atoms with Gasteiger partial charge in [-0.2, -0.15) is 10.1 Å². The Hall–Kier alpha value is -2.28. The van der Waals surface area contributed by atoms with Crippen molar-refractivity contribution in [2.75, 3.05) is 11.6 Å². The molecule has 0 bridgehead atoms. The van der Waals surface area contributed by atoms with E-state index in [1.54, 1.807) is 6.07 Å². The van der Waals surface area contributed by atoms with Gasteiger partial charge in [-0.3, -0.25) is 9.59 Å². The van der Waals surface area contributed by atoms with Crippen LogP contribution < -0.4 is 15.1 Å². The summed E-state index contributed by atoms with van der Waals surface area (Å²) in [5.74, 6) is -0.00810. The largest absolute Gasteiger partial charge is 0.483 e. The van der Waals surface area contributed by atoms with Crippen molar-refractivity contribution in [2.45, 2.75) is 20.3 Å². The number of rotatable bonds is 4. The first-order valence-electron chi connectivity index (χ1n) is 8.29. The highest BCUT2D eigenvalue weighted by Crippen LogP contribution is 2.38. The van der Waals surface area contributed by atoms with Crippen LogP contribution in [0.15, 0.2) is 35.4 Å². The number of hydrazone groups is 1. The number of carbonyl (C=O) groups excluding carboxylic acids is 2. The van der Waals surface area contributed by atoms with Gasteiger partial charge in [-0.25, -0.2) is 0 Å². The maximum atomic E-state index is 12.3. The van der Waals surface area contributed by atoms with E-state index in [4.69, 9.17) is 39.5 Å². The highest BCUT2D eigenvalue weighted by atomic mass is 35.5. The normalized spacial score (nSPS) is 13.5. The number of hydrogen-bond donors (Lipinski definition) is 1. The molecule has 1 aliphatic rings. The van der Waals surface area contributed by atoms with Gasteiger partial charge < -0.3 is 10.1 Å². The van der Waals surface area contributed by atoms with Crippen molar-refractivity contribution < 1.29 is 14.3 Å². The van der Waals surface area contributed by atoms with Crippen LogP contribution in [0.2, 0.25) is 15.1 Å². The second kappa shape index (κ2) is 8.39. The van der Waals surface area contributed by atoms with E-state index in [1.165, 1.54) is 12.1 Å². The molecular weight excluding hydrogens is 425 g/mol. The Morgan fingerprint density at radius 2 is 1.86 bits per heavy atom. The van der Waals surface area contributed by atoms with Crippen molar-refractivity contribution in [3.05, 3.63) is 56.5 Å². The molecule has 0 fully saturated rings. The zero-order chi connectivity index (χ0) is 20.4. The second-order valence-corrected chi connectivity index (χ2v) is 7.50. The van der Waals surface area contributed by atoms with Gasteiger partial charge in [-0.1, -0.05) is 52.5 Å². The van der Waals surface area contributed by atoms with E-state index in [9.17, 15) is 9.59 Å². The SMILES string of the molecule is Cc1ccc(OCC(=O)NC2=NN(c3c(Cl)cc(Cl)cc3Cl)C(=O)C2)c(C)c1. The minimum absolute atomic E-state index is 0.0927. The molecule has 1 heterocycles. The molecule has 1 aliphatic heterocycles. The summed E-state index contributed by atoms with van der Waals surface area (Å²) in [5, 5.41) is 8.45. The minimum Gasteiger partial charge on any atom is -0.483 e. The Labute approximate surface area is 177 Å². The number of hydrogen-bond acceptors (Lipinski definition) is 4. The molecule has 0 saturated carbocycles. The third-order valence-electron chi connectivity index (χ3n) is 3.94. The molecule has 9 heteroatoms. The molecule has 146 valence electrons. The summed E-state index contributed by atoms with van der Waals surface area (Å²) in [6.07, 6.45) is -0.0927. The molecule has 0 aromatic heterocycles. The maximum Gasteiger partial charge on any atom is 0.263 e. The summed E-state index contributed by atoms with van der Waals surface area (Å²) in [6, 6.07) is 8.59. The molecule has 2 aromatic rings. The first kappa shape index (κ1) is 20.5. The van der Waals surface area contributed by atoms with Crippen molar-refractivity contribution in [3.8, 4) is 5.75 Å². The monoisotopic (exact) mass is 439 g/mol. The van der Waals surface area contributed by atoms with Gasteiger partial charge in [0, 0.05) is 5.02 Å². The number of ether oxygens (including phenoxy) is 1. The summed E-state index contributed by atoms with van der Waals surface area (Å²) in [6.45, 7) is 3.67. The molecule has 0 aliphatic carbocycles. The van der Waals surface area contributed by atoms with Crippen LogP contribution >= 0.6 is 34.8 Å². The fourth-order valence-corrected chi connectivity index (χ4v) is 3.69. The standard InChI is InChI=1S/C19H16Cl3N3O3/c1-10-3-4-15(11(2)5-10)28-9-17(26)23-16-8-18(27)25(24-16)19-13(21)6-12(20)7-14(19)22/h3-7H,8-9H2,1-2H3,(H,23,24,26). The number of nitrogens with zero attached hydrogens (tertiary/aromatic N) is 2.